The van der Waals surface area contributed by atoms with Crippen molar-refractivity contribution in [3.63, 3.8) is 0 Å². The minimum Gasteiger partial charge on any atom is -0.464 e. The number of aromatic nitrogens is 1. The number of carbonyl (C=O) groups excluding carboxylic acids is 1. The van der Waals surface area contributed by atoms with E-state index in [-0.39, 0.29) is 5.97 Å². The molecule has 2 N–H and O–H groups in total. The molecule has 6 heteroatoms. The standard InChI is InChI=1S/C13H12BrClN2O2/c1-19-13(18)11-6-5-8(17-11)7-16-10-4-2-3-9(15)12(10)14/h2-6,16-17H,7H2,1H3. The molecule has 1 heterocycles. The van der Waals surface area contributed by atoms with Gasteiger partial charge in [-0.15, -0.1) is 0 Å². The summed E-state index contributed by atoms with van der Waals surface area (Å²) in [6.07, 6.45) is 0. The molecule has 2 rings (SSSR count). The predicted molar refractivity (Wildman–Crippen MR) is 78.6 cm³/mol. The molecule has 0 bridgehead atoms. The fraction of sp³-hybridized carbons (Fsp3) is 0.154. The normalized spacial score (nSPS) is 10.3. The van der Waals surface area contributed by atoms with Gasteiger partial charge in [-0.3, -0.25) is 0 Å². The fourth-order valence-corrected chi connectivity index (χ4v) is 2.18. The monoisotopic (exact) mass is 342 g/mol. The highest BCUT2D eigenvalue weighted by atomic mass is 79.9. The summed E-state index contributed by atoms with van der Waals surface area (Å²) in [7, 11) is 1.35. The third-order valence-corrected chi connectivity index (χ3v) is 3.97. The van der Waals surface area contributed by atoms with Crippen LogP contribution in [0.3, 0.4) is 0 Å². The highest BCUT2D eigenvalue weighted by molar-refractivity contribution is 9.10. The Morgan fingerprint density at radius 1 is 1.42 bits per heavy atom. The first-order valence-electron chi connectivity index (χ1n) is 5.56. The molecule has 0 spiro atoms. The predicted octanol–water partition coefficient (Wildman–Crippen LogP) is 3.83. The molecule has 1 aromatic carbocycles. The molecule has 19 heavy (non-hydrogen) atoms. The van der Waals surface area contributed by atoms with Gasteiger partial charge in [0.05, 0.1) is 28.8 Å². The van der Waals surface area contributed by atoms with E-state index in [4.69, 9.17) is 11.6 Å². The lowest BCUT2D eigenvalue weighted by atomic mass is 10.3. The molecule has 100 valence electrons. The van der Waals surface area contributed by atoms with Crippen molar-refractivity contribution >= 4 is 39.2 Å². The molecule has 0 saturated carbocycles. The third-order valence-electron chi connectivity index (χ3n) is 2.57. The maximum Gasteiger partial charge on any atom is 0.354 e. The van der Waals surface area contributed by atoms with E-state index < -0.39 is 0 Å². The van der Waals surface area contributed by atoms with Gasteiger partial charge in [0, 0.05) is 5.69 Å². The van der Waals surface area contributed by atoms with Crippen LogP contribution in [0.2, 0.25) is 5.02 Å². The van der Waals surface area contributed by atoms with Crippen molar-refractivity contribution in [2.45, 2.75) is 6.54 Å². The highest BCUT2D eigenvalue weighted by Crippen LogP contribution is 2.30. The van der Waals surface area contributed by atoms with Gasteiger partial charge in [0.25, 0.3) is 0 Å². The SMILES string of the molecule is COC(=O)c1ccc(CNc2cccc(Cl)c2Br)[nH]1. The summed E-state index contributed by atoms with van der Waals surface area (Å²) >= 11 is 9.42. The Kier molecular flexibility index (Phi) is 4.50. The second-order valence-electron chi connectivity index (χ2n) is 3.84. The van der Waals surface area contributed by atoms with Crippen LogP contribution in [0.25, 0.3) is 0 Å². The maximum atomic E-state index is 11.3. The maximum absolute atomic E-state index is 11.3. The first-order valence-corrected chi connectivity index (χ1v) is 6.73. The number of methoxy groups -OCH3 is 1. The van der Waals surface area contributed by atoms with Crippen molar-refractivity contribution in [1.29, 1.82) is 0 Å². The molecule has 2 aromatic rings. The molecule has 0 aliphatic carbocycles. The molecule has 4 nitrogen and oxygen atoms in total. The topological polar surface area (TPSA) is 54.1 Å². The number of nitrogens with one attached hydrogen (secondary N) is 2. The lowest BCUT2D eigenvalue weighted by Gasteiger charge is -2.08. The van der Waals surface area contributed by atoms with Crippen LogP contribution in [0.15, 0.2) is 34.8 Å². The van der Waals surface area contributed by atoms with Crippen molar-refractivity contribution in [2.24, 2.45) is 0 Å². The van der Waals surface area contributed by atoms with Crippen LogP contribution in [-0.4, -0.2) is 18.1 Å². The molecule has 0 saturated heterocycles. The number of aromatic amines is 1. The summed E-state index contributed by atoms with van der Waals surface area (Å²) in [6, 6.07) is 9.11. The summed E-state index contributed by atoms with van der Waals surface area (Å²) < 4.78 is 5.45. The summed E-state index contributed by atoms with van der Waals surface area (Å²) in [4.78, 5) is 14.3. The number of ether oxygens (including phenoxy) is 1. The van der Waals surface area contributed by atoms with Gasteiger partial charge in [0.2, 0.25) is 0 Å². The zero-order chi connectivity index (χ0) is 13.8. The number of esters is 1. The Labute approximate surface area is 124 Å². The van der Waals surface area contributed by atoms with Crippen molar-refractivity contribution in [2.75, 3.05) is 12.4 Å². The van der Waals surface area contributed by atoms with Crippen molar-refractivity contribution < 1.29 is 9.53 Å². The van der Waals surface area contributed by atoms with Crippen LogP contribution in [0.1, 0.15) is 16.2 Å². The Morgan fingerprint density at radius 3 is 2.95 bits per heavy atom. The summed E-state index contributed by atoms with van der Waals surface area (Å²) in [5.41, 5.74) is 2.21. The molecular formula is C13H12BrClN2O2. The Bertz CT molecular complexity index is 598. The zero-order valence-corrected chi connectivity index (χ0v) is 12.5. The van der Waals surface area contributed by atoms with Gasteiger partial charge in [0.1, 0.15) is 5.69 Å². The number of anilines is 1. The van der Waals surface area contributed by atoms with Gasteiger partial charge in [-0.2, -0.15) is 0 Å². The van der Waals surface area contributed by atoms with E-state index in [1.807, 2.05) is 18.2 Å². The first kappa shape index (κ1) is 14.0. The van der Waals surface area contributed by atoms with Crippen LogP contribution < -0.4 is 5.32 Å². The summed E-state index contributed by atoms with van der Waals surface area (Å²) in [5, 5.41) is 3.87. The molecule has 0 atom stereocenters. The number of rotatable bonds is 4. The minimum absolute atomic E-state index is 0.379. The molecule has 0 aliphatic rings. The van der Waals surface area contributed by atoms with Gasteiger partial charge in [-0.05, 0) is 40.2 Å². The Balaban J connectivity index is 2.04. The molecule has 0 aliphatic heterocycles. The van der Waals surface area contributed by atoms with Crippen molar-refractivity contribution in [3.8, 4) is 0 Å². The summed E-state index contributed by atoms with van der Waals surface area (Å²) in [6.45, 7) is 0.552. The van der Waals surface area contributed by atoms with Gasteiger partial charge in [0.15, 0.2) is 0 Å². The first-order chi connectivity index (χ1) is 9.11. The molecular weight excluding hydrogens is 332 g/mol. The summed E-state index contributed by atoms with van der Waals surface area (Å²) in [5.74, 6) is -0.379. The van der Waals surface area contributed by atoms with Crippen LogP contribution in [0, 0.1) is 0 Å². The molecule has 1 aromatic heterocycles. The quantitative estimate of drug-likeness (QED) is 0.830. The second-order valence-corrected chi connectivity index (χ2v) is 5.04. The van der Waals surface area contributed by atoms with Gasteiger partial charge in [-0.25, -0.2) is 4.79 Å². The second kappa shape index (κ2) is 6.12. The fourth-order valence-electron chi connectivity index (χ4n) is 1.60. The minimum atomic E-state index is -0.379. The van der Waals surface area contributed by atoms with E-state index in [0.29, 0.717) is 17.3 Å². The van der Waals surface area contributed by atoms with E-state index >= 15 is 0 Å². The Hall–Kier alpha value is -1.46. The van der Waals surface area contributed by atoms with Gasteiger partial charge in [-0.1, -0.05) is 17.7 Å². The smallest absolute Gasteiger partial charge is 0.354 e. The number of hydrogen-bond acceptors (Lipinski definition) is 3. The molecule has 0 radical (unpaired) electrons. The molecule has 0 fully saturated rings. The van der Waals surface area contributed by atoms with Crippen LogP contribution >= 0.6 is 27.5 Å². The van der Waals surface area contributed by atoms with Gasteiger partial charge < -0.3 is 15.0 Å². The van der Waals surface area contributed by atoms with E-state index in [2.05, 4.69) is 31.0 Å². The molecule has 0 amide bonds. The van der Waals surface area contributed by atoms with E-state index in [9.17, 15) is 4.79 Å². The Morgan fingerprint density at radius 2 is 2.21 bits per heavy atom. The van der Waals surface area contributed by atoms with Gasteiger partial charge >= 0.3 is 5.97 Å². The lowest BCUT2D eigenvalue weighted by molar-refractivity contribution is 0.0594. The average molecular weight is 344 g/mol. The number of carbonyl (C=O) groups is 1. The van der Waals surface area contributed by atoms with Crippen LogP contribution in [0.5, 0.6) is 0 Å². The number of H-pyrrole nitrogens is 1. The highest BCUT2D eigenvalue weighted by Gasteiger charge is 2.08. The van der Waals surface area contributed by atoms with E-state index in [1.165, 1.54) is 7.11 Å². The van der Waals surface area contributed by atoms with Crippen LogP contribution in [0.4, 0.5) is 5.69 Å². The van der Waals surface area contributed by atoms with E-state index in [1.54, 1.807) is 12.1 Å². The van der Waals surface area contributed by atoms with Crippen LogP contribution in [-0.2, 0) is 11.3 Å². The van der Waals surface area contributed by atoms with E-state index in [0.717, 1.165) is 15.9 Å². The average Bonchev–Trinajstić information content (AvgIpc) is 2.88. The number of benzene rings is 1. The number of hydrogen-bond donors (Lipinski definition) is 2. The number of halogens is 2. The lowest BCUT2D eigenvalue weighted by Crippen LogP contribution is -2.04. The third kappa shape index (κ3) is 3.30. The van der Waals surface area contributed by atoms with Crippen molar-refractivity contribution in [1.82, 2.24) is 4.98 Å². The zero-order valence-electron chi connectivity index (χ0n) is 10.2. The van der Waals surface area contributed by atoms with Crippen molar-refractivity contribution in [3.05, 3.63) is 51.2 Å². The largest absolute Gasteiger partial charge is 0.464 e. The molecule has 0 unspecified atom stereocenters.